The first-order valence-electron chi connectivity index (χ1n) is 3.24. The number of rotatable bonds is 2. The van der Waals surface area contributed by atoms with E-state index in [2.05, 4.69) is 40.1 Å². The normalized spacial score (nSPS) is 11.2. The molecule has 0 nitrogen and oxygen atoms in total. The zero-order chi connectivity index (χ0) is 7.49. The molecule has 0 saturated heterocycles. The Morgan fingerprint density at radius 2 is 1.89 bits per heavy atom. The molecule has 0 spiro atoms. The first-order valence-corrected chi connectivity index (χ1v) is 4.75. The second-order valence-electron chi connectivity index (χ2n) is 3.22. The van der Waals surface area contributed by atoms with E-state index >= 15 is 0 Å². The van der Waals surface area contributed by atoms with Gasteiger partial charge in [-0.15, -0.1) is 0 Å². The highest BCUT2D eigenvalue weighted by Gasteiger charge is 2.16. The molecular formula is C5H14B2S2. The van der Waals surface area contributed by atoms with Gasteiger partial charge in [-0.1, -0.05) is 27.6 Å². The Labute approximate surface area is 69.1 Å². The number of hydrogen-bond acceptors (Lipinski definition) is 2. The van der Waals surface area contributed by atoms with Crippen molar-refractivity contribution >= 4 is 36.4 Å². The van der Waals surface area contributed by atoms with E-state index in [-0.39, 0.29) is 0 Å². The molecule has 0 amide bonds. The first-order chi connectivity index (χ1) is 3.95. The molecular weight excluding hydrogens is 146 g/mol. The van der Waals surface area contributed by atoms with Gasteiger partial charge in [-0.05, 0) is 4.75 Å². The van der Waals surface area contributed by atoms with Crippen LogP contribution >= 0.6 is 24.1 Å². The Kier molecular flexibility index (Phi) is 4.22. The minimum atomic E-state index is 0.391. The van der Waals surface area contributed by atoms with Crippen LogP contribution in [0.3, 0.4) is 0 Å². The van der Waals surface area contributed by atoms with E-state index in [1.807, 2.05) is 11.6 Å². The minimum Gasteiger partial charge on any atom is -0.240 e. The lowest BCUT2D eigenvalue weighted by molar-refractivity contribution is 0.809. The molecule has 9 heavy (non-hydrogen) atoms. The predicted octanol–water partition coefficient (Wildman–Crippen LogP) is 1.92. The second kappa shape index (κ2) is 3.87. The molecule has 52 valence electrons. The lowest BCUT2D eigenvalue weighted by Gasteiger charge is -2.20. The number of thiol groups is 1. The van der Waals surface area contributed by atoms with Crippen LogP contribution in [0.25, 0.3) is 0 Å². The Morgan fingerprint density at radius 3 is 2.00 bits per heavy atom. The summed E-state index contributed by atoms with van der Waals surface area (Å²) in [5, 5.41) is 0. The maximum atomic E-state index is 4.21. The standard InChI is InChI=1S/C5H14B2S2/c1-5(2,3)9-7(4)6-8/h6,8H,1-4H3. The smallest absolute Gasteiger partial charge is 0.184 e. The van der Waals surface area contributed by atoms with E-state index < -0.39 is 0 Å². The van der Waals surface area contributed by atoms with Crippen LogP contribution in [0, 0.1) is 0 Å². The van der Waals surface area contributed by atoms with Gasteiger partial charge < -0.3 is 0 Å². The molecule has 0 aliphatic carbocycles. The van der Waals surface area contributed by atoms with Crippen LogP contribution in [-0.4, -0.2) is 17.1 Å². The summed E-state index contributed by atoms with van der Waals surface area (Å²) in [6, 6.07) is 0. The minimum absolute atomic E-state index is 0.391. The van der Waals surface area contributed by atoms with E-state index in [9.17, 15) is 0 Å². The highest BCUT2D eigenvalue weighted by atomic mass is 32.2. The lowest BCUT2D eigenvalue weighted by atomic mass is 9.54. The Morgan fingerprint density at radius 1 is 1.44 bits per heavy atom. The maximum absolute atomic E-state index is 4.21. The monoisotopic (exact) mass is 160 g/mol. The van der Waals surface area contributed by atoms with Gasteiger partial charge in [-0.2, -0.15) is 0 Å². The fourth-order valence-electron chi connectivity index (χ4n) is 0.641. The highest BCUT2D eigenvalue weighted by Crippen LogP contribution is 2.25. The molecule has 0 fully saturated rings. The summed E-state index contributed by atoms with van der Waals surface area (Å²) in [5.41, 5.74) is 0. The SMILES string of the molecule is CB(BS)SC(C)(C)C. The van der Waals surface area contributed by atoms with Gasteiger partial charge in [0.2, 0.25) is 0 Å². The van der Waals surface area contributed by atoms with Gasteiger partial charge in [0.05, 0.1) is 0 Å². The van der Waals surface area contributed by atoms with E-state index in [0.29, 0.717) is 10.6 Å². The molecule has 0 aliphatic rings. The molecule has 0 atom stereocenters. The average Bonchev–Trinajstić information content (AvgIpc) is 1.62. The number of hydrogen-bond donors (Lipinski definition) is 1. The Hall–Kier alpha value is 0.830. The van der Waals surface area contributed by atoms with Crippen molar-refractivity contribution < 1.29 is 0 Å². The Balaban J connectivity index is 3.47. The summed E-state index contributed by atoms with van der Waals surface area (Å²) < 4.78 is 0.391. The zero-order valence-corrected chi connectivity index (χ0v) is 8.35. The molecule has 0 aliphatic heterocycles. The molecule has 0 bridgehead atoms. The molecule has 4 heteroatoms. The van der Waals surface area contributed by atoms with Gasteiger partial charge in [0, 0.05) is 0 Å². The van der Waals surface area contributed by atoms with Crippen LogP contribution in [0.15, 0.2) is 0 Å². The summed E-state index contributed by atoms with van der Waals surface area (Å²) in [7, 11) is 0. The first kappa shape index (κ1) is 9.83. The predicted molar refractivity (Wildman–Crippen MR) is 55.1 cm³/mol. The quantitative estimate of drug-likeness (QED) is 0.475. The van der Waals surface area contributed by atoms with E-state index in [4.69, 9.17) is 0 Å². The molecule has 0 saturated carbocycles. The molecule has 0 radical (unpaired) electrons. The maximum Gasteiger partial charge on any atom is 0.184 e. The largest absolute Gasteiger partial charge is 0.240 e. The van der Waals surface area contributed by atoms with Crippen molar-refractivity contribution in [2.24, 2.45) is 0 Å². The van der Waals surface area contributed by atoms with Crippen molar-refractivity contribution in [3.8, 4) is 0 Å². The zero-order valence-electron chi connectivity index (χ0n) is 6.64. The van der Waals surface area contributed by atoms with Crippen LogP contribution in [0.5, 0.6) is 0 Å². The van der Waals surface area contributed by atoms with Gasteiger partial charge >= 0.3 is 0 Å². The lowest BCUT2D eigenvalue weighted by Crippen LogP contribution is -2.19. The molecule has 0 heterocycles. The van der Waals surface area contributed by atoms with Crippen LogP contribution in [0.1, 0.15) is 20.8 Å². The van der Waals surface area contributed by atoms with E-state index in [1.54, 1.807) is 0 Å². The molecule has 0 N–H and O–H groups in total. The van der Waals surface area contributed by atoms with Crippen molar-refractivity contribution in [3.05, 3.63) is 0 Å². The third-order valence-electron chi connectivity index (χ3n) is 0.812. The highest BCUT2D eigenvalue weighted by molar-refractivity contribution is 8.38. The van der Waals surface area contributed by atoms with Crippen molar-refractivity contribution in [3.63, 3.8) is 0 Å². The Bertz CT molecular complexity index is 79.5. The summed E-state index contributed by atoms with van der Waals surface area (Å²) in [6.45, 7) is 8.91. The fourth-order valence-corrected chi connectivity index (χ4v) is 2.15. The van der Waals surface area contributed by atoms with Crippen molar-refractivity contribution in [2.75, 3.05) is 0 Å². The molecule has 0 aromatic rings. The summed E-state index contributed by atoms with van der Waals surface area (Å²) >= 11 is 6.19. The van der Waals surface area contributed by atoms with E-state index in [0.717, 1.165) is 6.45 Å². The van der Waals surface area contributed by atoms with E-state index in [1.165, 1.54) is 0 Å². The van der Waals surface area contributed by atoms with Gasteiger partial charge in [0.25, 0.3) is 0 Å². The molecule has 0 unspecified atom stereocenters. The second-order valence-corrected chi connectivity index (χ2v) is 5.85. The third-order valence-corrected chi connectivity index (χ3v) is 2.88. The van der Waals surface area contributed by atoms with Crippen LogP contribution in [0.2, 0.25) is 6.82 Å². The van der Waals surface area contributed by atoms with Crippen molar-refractivity contribution in [1.29, 1.82) is 0 Å². The summed E-state index contributed by atoms with van der Waals surface area (Å²) in [5.74, 6) is 0.674. The van der Waals surface area contributed by atoms with Gasteiger partial charge in [-0.3, -0.25) is 0 Å². The van der Waals surface area contributed by atoms with Crippen molar-refractivity contribution in [2.45, 2.75) is 32.3 Å². The third kappa shape index (κ3) is 6.72. The van der Waals surface area contributed by atoms with Crippen molar-refractivity contribution in [1.82, 2.24) is 0 Å². The topological polar surface area (TPSA) is 0 Å². The average molecular weight is 160 g/mol. The summed E-state index contributed by atoms with van der Waals surface area (Å²) in [4.78, 5) is 0. The molecule has 0 rings (SSSR count). The van der Waals surface area contributed by atoms with Crippen LogP contribution < -0.4 is 0 Å². The van der Waals surface area contributed by atoms with Gasteiger partial charge in [0.15, 0.2) is 12.3 Å². The van der Waals surface area contributed by atoms with Crippen LogP contribution in [0.4, 0.5) is 0 Å². The van der Waals surface area contributed by atoms with Crippen LogP contribution in [-0.2, 0) is 0 Å². The molecule has 0 aromatic carbocycles. The van der Waals surface area contributed by atoms with Gasteiger partial charge in [0.1, 0.15) is 0 Å². The van der Waals surface area contributed by atoms with Gasteiger partial charge in [-0.25, -0.2) is 24.1 Å². The summed E-state index contributed by atoms with van der Waals surface area (Å²) in [6.07, 6.45) is 0.974. The molecule has 0 aromatic heterocycles. The fraction of sp³-hybridized carbons (Fsp3) is 1.00.